The number of nitrogens with zero attached hydrogens (tertiary/aromatic N) is 3. The van der Waals surface area contributed by atoms with Gasteiger partial charge in [0.1, 0.15) is 5.69 Å². The molecule has 28 heavy (non-hydrogen) atoms. The van der Waals surface area contributed by atoms with Gasteiger partial charge in [0.15, 0.2) is 9.84 Å². The van der Waals surface area contributed by atoms with E-state index in [1.807, 2.05) is 4.90 Å². The van der Waals surface area contributed by atoms with E-state index in [-0.39, 0.29) is 4.90 Å². The average molecular weight is 434 g/mol. The van der Waals surface area contributed by atoms with E-state index in [9.17, 15) is 21.6 Å². The quantitative estimate of drug-likeness (QED) is 0.739. The first kappa shape index (κ1) is 20.9. The van der Waals surface area contributed by atoms with Crippen molar-refractivity contribution in [2.24, 2.45) is 0 Å². The number of anilines is 1. The number of pyridine rings is 1. The van der Waals surface area contributed by atoms with Crippen LogP contribution < -0.4 is 4.90 Å². The maximum atomic E-state index is 12.6. The van der Waals surface area contributed by atoms with Crippen LogP contribution in [0.3, 0.4) is 0 Å². The number of benzene rings is 1. The molecule has 1 fully saturated rings. The summed E-state index contributed by atoms with van der Waals surface area (Å²) in [7, 11) is -3.42. The number of rotatable bonds is 4. The number of hydrogen-bond acceptors (Lipinski definition) is 5. The topological polar surface area (TPSA) is 53.5 Å². The third-order valence-corrected chi connectivity index (χ3v) is 5.92. The van der Waals surface area contributed by atoms with Crippen LogP contribution in [0.2, 0.25) is 5.02 Å². The Morgan fingerprint density at radius 3 is 2.32 bits per heavy atom. The van der Waals surface area contributed by atoms with Gasteiger partial charge in [0.25, 0.3) is 0 Å². The first-order valence-corrected chi connectivity index (χ1v) is 10.8. The highest BCUT2D eigenvalue weighted by Crippen LogP contribution is 2.30. The summed E-state index contributed by atoms with van der Waals surface area (Å²) >= 11 is 5.95. The van der Waals surface area contributed by atoms with Crippen LogP contribution in [0.15, 0.2) is 41.4 Å². The molecule has 1 aromatic heterocycles. The Balaban J connectivity index is 1.66. The summed E-state index contributed by atoms with van der Waals surface area (Å²) in [5.74, 6) is 0. The van der Waals surface area contributed by atoms with Crippen molar-refractivity contribution in [2.45, 2.75) is 17.6 Å². The van der Waals surface area contributed by atoms with E-state index in [2.05, 4.69) is 9.88 Å². The number of piperazine rings is 1. The Bertz CT molecular complexity index is 942. The van der Waals surface area contributed by atoms with Gasteiger partial charge >= 0.3 is 6.18 Å². The molecule has 1 aromatic carbocycles. The number of hydrogen-bond donors (Lipinski definition) is 0. The van der Waals surface area contributed by atoms with Crippen molar-refractivity contribution in [3.8, 4) is 0 Å². The molecule has 0 bridgehead atoms. The monoisotopic (exact) mass is 433 g/mol. The van der Waals surface area contributed by atoms with Crippen molar-refractivity contribution in [3.63, 3.8) is 0 Å². The zero-order valence-corrected chi connectivity index (χ0v) is 16.7. The summed E-state index contributed by atoms with van der Waals surface area (Å²) in [6.07, 6.45) is -2.05. The van der Waals surface area contributed by atoms with Gasteiger partial charge in [-0.3, -0.25) is 9.88 Å². The van der Waals surface area contributed by atoms with Crippen LogP contribution in [-0.4, -0.2) is 50.7 Å². The fraction of sp³-hybridized carbons (Fsp3) is 0.389. The minimum absolute atomic E-state index is 0.195. The SMILES string of the molecule is CS(=O)(=O)c1cc(Cl)ccc1N1CCN(Cc2ccc(C(F)(F)F)nc2)CC1. The maximum Gasteiger partial charge on any atom is 0.433 e. The van der Waals surface area contributed by atoms with E-state index in [4.69, 9.17) is 11.6 Å². The summed E-state index contributed by atoms with van der Waals surface area (Å²) in [5, 5.41) is 0.359. The second-order valence-corrected chi connectivity index (χ2v) is 9.12. The maximum absolute atomic E-state index is 12.6. The van der Waals surface area contributed by atoms with Crippen LogP contribution in [-0.2, 0) is 22.6 Å². The Kier molecular flexibility index (Phi) is 5.88. The van der Waals surface area contributed by atoms with E-state index in [0.717, 1.165) is 12.3 Å². The summed E-state index contributed by atoms with van der Waals surface area (Å²) in [6.45, 7) is 2.97. The standard InChI is InChI=1S/C18H19ClF3N3O2S/c1-28(26,27)16-10-14(19)3-4-15(16)25-8-6-24(7-9-25)12-13-2-5-17(23-11-13)18(20,21)22/h2-5,10-11H,6-9,12H2,1H3. The molecule has 0 amide bonds. The van der Waals surface area contributed by atoms with Crippen molar-refractivity contribution in [2.75, 3.05) is 37.3 Å². The van der Waals surface area contributed by atoms with E-state index in [0.29, 0.717) is 49.0 Å². The van der Waals surface area contributed by atoms with Crippen LogP contribution in [0.25, 0.3) is 0 Å². The van der Waals surface area contributed by atoms with Crippen LogP contribution in [0.4, 0.5) is 18.9 Å². The molecule has 2 heterocycles. The summed E-state index contributed by atoms with van der Waals surface area (Å²) in [4.78, 5) is 7.75. The van der Waals surface area contributed by atoms with E-state index in [1.165, 1.54) is 18.3 Å². The molecule has 10 heteroatoms. The Labute approximate surface area is 166 Å². The predicted octanol–water partition coefficient (Wildman–Crippen LogP) is 3.48. The lowest BCUT2D eigenvalue weighted by Crippen LogP contribution is -2.46. The molecular formula is C18H19ClF3N3O2S. The number of halogens is 4. The van der Waals surface area contributed by atoms with Gasteiger partial charge in [-0.15, -0.1) is 0 Å². The highest BCUT2D eigenvalue weighted by atomic mass is 35.5. The molecule has 0 unspecified atom stereocenters. The minimum Gasteiger partial charge on any atom is -0.368 e. The van der Waals surface area contributed by atoms with Crippen molar-refractivity contribution in [1.82, 2.24) is 9.88 Å². The van der Waals surface area contributed by atoms with Crippen molar-refractivity contribution in [3.05, 3.63) is 52.8 Å². The minimum atomic E-state index is -4.44. The molecule has 152 valence electrons. The highest BCUT2D eigenvalue weighted by Gasteiger charge is 2.32. The fourth-order valence-electron chi connectivity index (χ4n) is 3.14. The molecule has 0 spiro atoms. The molecule has 2 aromatic rings. The first-order chi connectivity index (χ1) is 13.0. The van der Waals surface area contributed by atoms with Gasteiger partial charge in [-0.2, -0.15) is 13.2 Å². The molecule has 1 aliphatic heterocycles. The van der Waals surface area contributed by atoms with Gasteiger partial charge in [0.2, 0.25) is 0 Å². The fourth-order valence-corrected chi connectivity index (χ4v) is 4.29. The zero-order valence-electron chi connectivity index (χ0n) is 15.1. The van der Waals surface area contributed by atoms with Crippen LogP contribution >= 0.6 is 11.6 Å². The van der Waals surface area contributed by atoms with Crippen LogP contribution in [0.5, 0.6) is 0 Å². The normalized spacial score (nSPS) is 16.4. The number of aromatic nitrogens is 1. The largest absolute Gasteiger partial charge is 0.433 e. The van der Waals surface area contributed by atoms with Gasteiger partial charge in [-0.05, 0) is 29.8 Å². The van der Waals surface area contributed by atoms with Gasteiger partial charge in [-0.25, -0.2) is 8.42 Å². The lowest BCUT2D eigenvalue weighted by molar-refractivity contribution is -0.141. The second-order valence-electron chi connectivity index (χ2n) is 6.70. The van der Waals surface area contributed by atoms with E-state index in [1.54, 1.807) is 12.1 Å². The molecule has 0 radical (unpaired) electrons. The van der Waals surface area contributed by atoms with E-state index < -0.39 is 21.7 Å². The lowest BCUT2D eigenvalue weighted by Gasteiger charge is -2.36. The average Bonchev–Trinajstić information content (AvgIpc) is 2.61. The van der Waals surface area contributed by atoms with Crippen molar-refractivity contribution < 1.29 is 21.6 Å². The Hall–Kier alpha value is -1.84. The molecule has 0 atom stereocenters. The van der Waals surface area contributed by atoms with Crippen molar-refractivity contribution >= 4 is 27.1 Å². The molecule has 5 nitrogen and oxygen atoms in total. The molecule has 1 saturated heterocycles. The highest BCUT2D eigenvalue weighted by molar-refractivity contribution is 7.90. The van der Waals surface area contributed by atoms with Gasteiger partial charge in [0.05, 0.1) is 10.6 Å². The second kappa shape index (κ2) is 7.88. The van der Waals surface area contributed by atoms with Gasteiger partial charge in [0, 0.05) is 50.2 Å². The number of sulfone groups is 1. The lowest BCUT2D eigenvalue weighted by atomic mass is 10.2. The summed E-state index contributed by atoms with van der Waals surface area (Å²) < 4.78 is 61.9. The smallest absolute Gasteiger partial charge is 0.368 e. The molecule has 1 aliphatic rings. The Morgan fingerprint density at radius 2 is 1.79 bits per heavy atom. The summed E-state index contributed by atoms with van der Waals surface area (Å²) in [6, 6.07) is 7.23. The molecule has 0 N–H and O–H groups in total. The molecule has 0 aliphatic carbocycles. The zero-order chi connectivity index (χ0) is 20.5. The Morgan fingerprint density at radius 1 is 1.11 bits per heavy atom. The molecule has 3 rings (SSSR count). The molecule has 0 saturated carbocycles. The first-order valence-electron chi connectivity index (χ1n) is 8.53. The van der Waals surface area contributed by atoms with E-state index >= 15 is 0 Å². The third-order valence-electron chi connectivity index (χ3n) is 4.56. The van der Waals surface area contributed by atoms with Crippen molar-refractivity contribution in [1.29, 1.82) is 0 Å². The molecular weight excluding hydrogens is 415 g/mol. The van der Waals surface area contributed by atoms with Crippen LogP contribution in [0, 0.1) is 0 Å². The van der Waals surface area contributed by atoms with Gasteiger partial charge in [-0.1, -0.05) is 17.7 Å². The summed E-state index contributed by atoms with van der Waals surface area (Å²) in [5.41, 5.74) is 0.407. The third kappa shape index (κ3) is 4.95. The predicted molar refractivity (Wildman–Crippen MR) is 101 cm³/mol. The number of alkyl halides is 3. The van der Waals surface area contributed by atoms with Crippen LogP contribution in [0.1, 0.15) is 11.3 Å². The van der Waals surface area contributed by atoms with Gasteiger partial charge < -0.3 is 4.90 Å².